The van der Waals surface area contributed by atoms with Crippen molar-refractivity contribution in [2.45, 2.75) is 58.3 Å². The van der Waals surface area contributed by atoms with Crippen LogP contribution in [0.1, 0.15) is 43.0 Å². The van der Waals surface area contributed by atoms with Crippen LogP contribution in [0.5, 0.6) is 0 Å². The number of H-pyrrole nitrogens is 1. The molecule has 178 valence electrons. The third-order valence-electron chi connectivity index (χ3n) is 6.17. The Morgan fingerprint density at radius 3 is 2.84 bits per heavy atom. The molecule has 0 bridgehead atoms. The van der Waals surface area contributed by atoms with Crippen molar-refractivity contribution >= 4 is 21.6 Å². The molecule has 1 aliphatic heterocycles. The van der Waals surface area contributed by atoms with E-state index >= 15 is 0 Å². The van der Waals surface area contributed by atoms with E-state index in [-0.39, 0.29) is 11.7 Å². The smallest absolute Gasteiger partial charge is 0.259 e. The zero-order valence-corrected chi connectivity index (χ0v) is 20.1. The maximum Gasteiger partial charge on any atom is 0.259 e. The summed E-state index contributed by atoms with van der Waals surface area (Å²) in [7, 11) is 0. The molecule has 0 saturated carbocycles. The number of nitrogens with one attached hydrogen (secondary N) is 1. The van der Waals surface area contributed by atoms with Crippen molar-refractivity contribution in [2.24, 2.45) is 0 Å². The van der Waals surface area contributed by atoms with Crippen molar-refractivity contribution in [1.82, 2.24) is 19.8 Å². The summed E-state index contributed by atoms with van der Waals surface area (Å²) in [6.07, 6.45) is 3.86. The second kappa shape index (κ2) is 11.2. The van der Waals surface area contributed by atoms with Gasteiger partial charge < -0.3 is 19.6 Å². The molecular weight excluding hydrogens is 428 g/mol. The number of aryl methyl sites for hydroxylation is 2. The Labute approximate surface area is 193 Å². The van der Waals surface area contributed by atoms with Gasteiger partial charge in [0.1, 0.15) is 10.7 Å². The Balaban J connectivity index is 1.48. The zero-order chi connectivity index (χ0) is 22.5. The van der Waals surface area contributed by atoms with Crippen LogP contribution < -0.4 is 5.56 Å². The molecule has 1 atom stereocenters. The molecule has 2 aromatic heterocycles. The molecule has 2 aliphatic rings. The third kappa shape index (κ3) is 6.15. The standard InChI is InChI=1S/C23H36N4O4S/c1-16(2)31-15-17(28)13-27(8-7-26-9-11-30-12-10-26)14-20-24-22(29)21-18-5-3-4-6-19(18)32-23(21)25-20/h16-17,28H,3-15H2,1-2H3,(H,24,25,29)/t17-/m0/s1. The highest BCUT2D eigenvalue weighted by Gasteiger charge is 2.21. The van der Waals surface area contributed by atoms with E-state index < -0.39 is 6.10 Å². The molecule has 32 heavy (non-hydrogen) atoms. The van der Waals surface area contributed by atoms with Crippen molar-refractivity contribution < 1.29 is 14.6 Å². The maximum atomic E-state index is 12.9. The van der Waals surface area contributed by atoms with Crippen molar-refractivity contribution in [2.75, 3.05) is 52.5 Å². The zero-order valence-electron chi connectivity index (χ0n) is 19.3. The first kappa shape index (κ1) is 23.8. The molecule has 0 unspecified atom stereocenters. The summed E-state index contributed by atoms with van der Waals surface area (Å²) >= 11 is 1.68. The summed E-state index contributed by atoms with van der Waals surface area (Å²) in [5.41, 5.74) is 1.18. The van der Waals surface area contributed by atoms with E-state index in [0.717, 1.165) is 68.9 Å². The highest BCUT2D eigenvalue weighted by molar-refractivity contribution is 7.18. The Hall–Kier alpha value is -1.36. The molecule has 8 nitrogen and oxygen atoms in total. The highest BCUT2D eigenvalue weighted by Crippen LogP contribution is 2.33. The fourth-order valence-corrected chi connectivity index (χ4v) is 5.77. The Bertz CT molecular complexity index is 938. The second-order valence-corrected chi connectivity index (χ2v) is 10.2. The summed E-state index contributed by atoms with van der Waals surface area (Å²) in [5, 5.41) is 11.3. The summed E-state index contributed by atoms with van der Waals surface area (Å²) in [6.45, 7) is 10.2. The average Bonchev–Trinajstić information content (AvgIpc) is 3.15. The number of aliphatic hydroxyl groups excluding tert-OH is 1. The molecule has 0 aromatic carbocycles. The van der Waals surface area contributed by atoms with Gasteiger partial charge >= 0.3 is 0 Å². The number of rotatable bonds is 10. The minimum Gasteiger partial charge on any atom is -0.389 e. The van der Waals surface area contributed by atoms with Gasteiger partial charge in [0, 0.05) is 37.6 Å². The quantitative estimate of drug-likeness (QED) is 0.554. The van der Waals surface area contributed by atoms with E-state index in [0.29, 0.717) is 25.5 Å². The second-order valence-electron chi connectivity index (χ2n) is 9.13. The first-order valence-electron chi connectivity index (χ1n) is 11.8. The number of fused-ring (bicyclic) bond motifs is 3. The van der Waals surface area contributed by atoms with E-state index in [9.17, 15) is 9.90 Å². The lowest BCUT2D eigenvalue weighted by molar-refractivity contribution is -0.0132. The molecule has 0 spiro atoms. The van der Waals surface area contributed by atoms with Gasteiger partial charge in [-0.2, -0.15) is 0 Å². The molecule has 0 amide bonds. The van der Waals surface area contributed by atoms with Crippen LogP contribution in [-0.2, 0) is 28.9 Å². The largest absolute Gasteiger partial charge is 0.389 e. The number of morpholine rings is 1. The number of aliphatic hydroxyl groups is 1. The molecule has 1 aliphatic carbocycles. The molecule has 1 saturated heterocycles. The predicted molar refractivity (Wildman–Crippen MR) is 127 cm³/mol. The van der Waals surface area contributed by atoms with Crippen LogP contribution in [0.3, 0.4) is 0 Å². The van der Waals surface area contributed by atoms with Crippen LogP contribution in [0.15, 0.2) is 4.79 Å². The summed E-state index contributed by atoms with van der Waals surface area (Å²) in [5.74, 6) is 0.667. The highest BCUT2D eigenvalue weighted by atomic mass is 32.1. The number of nitrogens with zero attached hydrogens (tertiary/aromatic N) is 3. The summed E-state index contributed by atoms with van der Waals surface area (Å²) in [6, 6.07) is 0. The monoisotopic (exact) mass is 464 g/mol. The van der Waals surface area contributed by atoms with Gasteiger partial charge in [0.25, 0.3) is 5.56 Å². The lowest BCUT2D eigenvalue weighted by Gasteiger charge is -2.30. The Morgan fingerprint density at radius 1 is 1.28 bits per heavy atom. The first-order chi connectivity index (χ1) is 15.5. The predicted octanol–water partition coefficient (Wildman–Crippen LogP) is 1.78. The van der Waals surface area contributed by atoms with Crippen molar-refractivity contribution in [1.29, 1.82) is 0 Å². The Kier molecular flexibility index (Phi) is 8.31. The number of hydrogen-bond acceptors (Lipinski definition) is 8. The summed E-state index contributed by atoms with van der Waals surface area (Å²) in [4.78, 5) is 27.5. The first-order valence-corrected chi connectivity index (χ1v) is 12.7. The van der Waals surface area contributed by atoms with E-state index in [1.165, 1.54) is 16.9 Å². The van der Waals surface area contributed by atoms with Crippen molar-refractivity contribution in [3.63, 3.8) is 0 Å². The topological polar surface area (TPSA) is 90.9 Å². The van der Waals surface area contributed by atoms with Crippen LogP contribution in [-0.4, -0.2) is 89.6 Å². The average molecular weight is 465 g/mol. The maximum absolute atomic E-state index is 12.9. The van der Waals surface area contributed by atoms with E-state index in [2.05, 4.69) is 14.8 Å². The molecule has 0 radical (unpaired) electrons. The fourth-order valence-electron chi connectivity index (χ4n) is 4.49. The molecule has 9 heteroatoms. The van der Waals surface area contributed by atoms with Crippen LogP contribution in [0, 0.1) is 0 Å². The van der Waals surface area contributed by atoms with Gasteiger partial charge in [-0.05, 0) is 45.1 Å². The van der Waals surface area contributed by atoms with Crippen molar-refractivity contribution in [3.05, 3.63) is 26.6 Å². The number of aromatic amines is 1. The van der Waals surface area contributed by atoms with E-state index in [4.69, 9.17) is 14.5 Å². The normalized spacial score (nSPS) is 18.5. The van der Waals surface area contributed by atoms with Gasteiger partial charge in [-0.15, -0.1) is 11.3 Å². The minimum atomic E-state index is -0.591. The van der Waals surface area contributed by atoms with Gasteiger partial charge in [0.05, 0.1) is 44.0 Å². The number of ether oxygens (including phenoxy) is 2. The number of aromatic nitrogens is 2. The minimum absolute atomic E-state index is 0.0266. The van der Waals surface area contributed by atoms with Gasteiger partial charge in [0.15, 0.2) is 0 Å². The molecular formula is C23H36N4O4S. The fraction of sp³-hybridized carbons (Fsp3) is 0.739. The van der Waals surface area contributed by atoms with E-state index in [1.54, 1.807) is 11.3 Å². The van der Waals surface area contributed by atoms with Gasteiger partial charge in [-0.25, -0.2) is 4.98 Å². The van der Waals surface area contributed by atoms with Crippen molar-refractivity contribution in [3.8, 4) is 0 Å². The third-order valence-corrected chi connectivity index (χ3v) is 7.36. The van der Waals surface area contributed by atoms with Crippen LogP contribution >= 0.6 is 11.3 Å². The molecule has 2 N–H and O–H groups in total. The van der Waals surface area contributed by atoms with Gasteiger partial charge in [-0.3, -0.25) is 14.6 Å². The van der Waals surface area contributed by atoms with Gasteiger partial charge in [0.2, 0.25) is 0 Å². The Morgan fingerprint density at radius 2 is 2.06 bits per heavy atom. The number of hydrogen-bond donors (Lipinski definition) is 2. The van der Waals surface area contributed by atoms with Gasteiger partial charge in [-0.1, -0.05) is 0 Å². The van der Waals surface area contributed by atoms with Crippen LogP contribution in [0.25, 0.3) is 10.2 Å². The molecule has 1 fully saturated rings. The molecule has 3 heterocycles. The molecule has 2 aromatic rings. The number of thiophene rings is 1. The van der Waals surface area contributed by atoms with Crippen LogP contribution in [0.2, 0.25) is 0 Å². The van der Waals surface area contributed by atoms with Crippen LogP contribution in [0.4, 0.5) is 0 Å². The lowest BCUT2D eigenvalue weighted by atomic mass is 9.97. The van der Waals surface area contributed by atoms with E-state index in [1.807, 2.05) is 13.8 Å². The SMILES string of the molecule is CC(C)OC[C@@H](O)CN(CCN1CCOCC1)Cc1nc2sc3c(c2c(=O)[nH]1)CCCC3. The summed E-state index contributed by atoms with van der Waals surface area (Å²) < 4.78 is 11.0. The lowest BCUT2D eigenvalue weighted by Crippen LogP contribution is -2.43. The molecule has 4 rings (SSSR count).